The lowest BCUT2D eigenvalue weighted by Crippen LogP contribution is -2.14. The van der Waals surface area contributed by atoms with Crippen molar-refractivity contribution in [1.82, 2.24) is 19.9 Å². The number of nitrogens with one attached hydrogen (secondary N) is 2. The van der Waals surface area contributed by atoms with Crippen LogP contribution in [0.15, 0.2) is 48.7 Å². The molecule has 0 aliphatic heterocycles. The topological polar surface area (TPSA) is 57.4 Å². The highest BCUT2D eigenvalue weighted by molar-refractivity contribution is 5.87. The third-order valence-corrected chi connectivity index (χ3v) is 7.57. The molecule has 5 aromatic rings. The highest BCUT2D eigenvalue weighted by Gasteiger charge is 2.27. The molecule has 2 aromatic heterocycles. The van der Waals surface area contributed by atoms with Crippen LogP contribution in [0.4, 0.5) is 0 Å². The monoisotopic (exact) mass is 444 g/mol. The average Bonchev–Trinajstić information content (AvgIpc) is 3.48. The third-order valence-electron chi connectivity index (χ3n) is 7.57. The predicted molar refractivity (Wildman–Crippen MR) is 138 cm³/mol. The van der Waals surface area contributed by atoms with Crippen molar-refractivity contribution in [1.29, 1.82) is 0 Å². The molecule has 0 saturated heterocycles. The summed E-state index contributed by atoms with van der Waals surface area (Å²) in [5.41, 5.74) is 16.1. The van der Waals surface area contributed by atoms with Crippen molar-refractivity contribution in [3.05, 3.63) is 82.6 Å². The van der Waals surface area contributed by atoms with Crippen LogP contribution in [0.2, 0.25) is 0 Å². The van der Waals surface area contributed by atoms with Crippen molar-refractivity contribution >= 4 is 11.0 Å². The van der Waals surface area contributed by atoms with E-state index in [0.29, 0.717) is 5.92 Å². The van der Waals surface area contributed by atoms with Crippen LogP contribution in [0.3, 0.4) is 0 Å². The first-order chi connectivity index (χ1) is 16.5. The number of imidazole rings is 2. The third kappa shape index (κ3) is 2.98. The Morgan fingerprint density at radius 1 is 0.735 bits per heavy atom. The maximum atomic E-state index is 4.60. The van der Waals surface area contributed by atoms with E-state index >= 15 is 0 Å². The van der Waals surface area contributed by atoms with Crippen LogP contribution in [-0.2, 0) is 25.7 Å². The van der Waals surface area contributed by atoms with Crippen LogP contribution in [0.5, 0.6) is 0 Å². The predicted octanol–water partition coefficient (Wildman–Crippen LogP) is 6.92. The Labute approximate surface area is 199 Å². The van der Waals surface area contributed by atoms with E-state index in [-0.39, 0.29) is 0 Å². The van der Waals surface area contributed by atoms with Crippen LogP contribution < -0.4 is 0 Å². The van der Waals surface area contributed by atoms with Crippen LogP contribution in [-0.4, -0.2) is 19.9 Å². The molecule has 0 amide bonds. The van der Waals surface area contributed by atoms with Crippen LogP contribution in [0.1, 0.15) is 53.7 Å². The first-order valence-corrected chi connectivity index (χ1v) is 12.4. The van der Waals surface area contributed by atoms with Gasteiger partial charge in [0.1, 0.15) is 11.6 Å². The number of aromatic nitrogens is 4. The Bertz CT molecular complexity index is 1550. The molecule has 2 N–H and O–H groups in total. The lowest BCUT2D eigenvalue weighted by Gasteiger charge is -2.30. The minimum Gasteiger partial charge on any atom is -0.342 e. The van der Waals surface area contributed by atoms with E-state index in [2.05, 4.69) is 76.2 Å². The van der Waals surface area contributed by atoms with Crippen molar-refractivity contribution in [2.24, 2.45) is 0 Å². The lowest BCUT2D eigenvalue weighted by atomic mass is 9.74. The summed E-state index contributed by atoms with van der Waals surface area (Å²) >= 11 is 0. The van der Waals surface area contributed by atoms with Crippen molar-refractivity contribution in [2.45, 2.75) is 52.4 Å². The number of rotatable bonds is 3. The van der Waals surface area contributed by atoms with Gasteiger partial charge in [-0.25, -0.2) is 9.97 Å². The fourth-order valence-corrected chi connectivity index (χ4v) is 5.92. The number of hydrogen-bond acceptors (Lipinski definition) is 2. The highest BCUT2D eigenvalue weighted by Crippen LogP contribution is 2.45. The summed E-state index contributed by atoms with van der Waals surface area (Å²) in [5.74, 6) is 2.43. The van der Waals surface area contributed by atoms with Gasteiger partial charge in [0.15, 0.2) is 0 Å². The second kappa shape index (κ2) is 7.17. The van der Waals surface area contributed by atoms with E-state index in [0.717, 1.165) is 54.1 Å². The van der Waals surface area contributed by atoms with Gasteiger partial charge < -0.3 is 9.97 Å². The number of fused-ring (bicyclic) bond motifs is 1. The van der Waals surface area contributed by atoms with E-state index in [9.17, 15) is 0 Å². The average molecular weight is 445 g/mol. The maximum absolute atomic E-state index is 4.60. The van der Waals surface area contributed by atoms with Crippen molar-refractivity contribution in [2.75, 3.05) is 0 Å². The first kappa shape index (κ1) is 19.8. The lowest BCUT2D eigenvalue weighted by molar-refractivity contribution is 0.795. The fraction of sp³-hybridized carbons (Fsp3) is 0.267. The summed E-state index contributed by atoms with van der Waals surface area (Å²) in [6.07, 6.45) is 6.38. The molecule has 7 rings (SSSR count). The molecule has 34 heavy (non-hydrogen) atoms. The Morgan fingerprint density at radius 2 is 1.35 bits per heavy atom. The van der Waals surface area contributed by atoms with Gasteiger partial charge >= 0.3 is 0 Å². The van der Waals surface area contributed by atoms with Crippen LogP contribution >= 0.6 is 0 Å². The Kier molecular flexibility index (Phi) is 4.17. The van der Waals surface area contributed by atoms with Gasteiger partial charge in [0.05, 0.1) is 22.9 Å². The molecule has 168 valence electrons. The Hall–Kier alpha value is -3.66. The normalized spacial score (nSPS) is 14.1. The molecule has 4 heteroatoms. The van der Waals surface area contributed by atoms with E-state index < -0.39 is 0 Å². The zero-order valence-electron chi connectivity index (χ0n) is 19.9. The van der Waals surface area contributed by atoms with Gasteiger partial charge in [-0.2, -0.15) is 0 Å². The number of aryl methyl sites for hydroxylation is 5. The van der Waals surface area contributed by atoms with Crippen molar-refractivity contribution < 1.29 is 0 Å². The quantitative estimate of drug-likeness (QED) is 0.317. The van der Waals surface area contributed by atoms with Crippen LogP contribution in [0.25, 0.3) is 44.5 Å². The number of H-pyrrole nitrogens is 2. The minimum atomic E-state index is 0.409. The highest BCUT2D eigenvalue weighted by atomic mass is 14.9. The summed E-state index contributed by atoms with van der Waals surface area (Å²) in [7, 11) is 0. The molecular formula is C30H28N4. The summed E-state index contributed by atoms with van der Waals surface area (Å²) in [6, 6.07) is 16.3. The number of nitrogens with zero attached hydrogens (tertiary/aromatic N) is 2. The second-order valence-corrected chi connectivity index (χ2v) is 10.2. The summed E-state index contributed by atoms with van der Waals surface area (Å²) in [5, 5.41) is 0. The van der Waals surface area contributed by atoms with Gasteiger partial charge in [0.25, 0.3) is 0 Å². The van der Waals surface area contributed by atoms with Gasteiger partial charge in [-0.1, -0.05) is 32.0 Å². The van der Waals surface area contributed by atoms with Gasteiger partial charge in [-0.05, 0) is 101 Å². The zero-order chi connectivity index (χ0) is 23.0. The first-order valence-electron chi connectivity index (χ1n) is 12.4. The van der Waals surface area contributed by atoms with E-state index in [1.165, 1.54) is 50.1 Å². The minimum absolute atomic E-state index is 0.409. The molecule has 0 spiro atoms. The fourth-order valence-electron chi connectivity index (χ4n) is 5.92. The molecular weight excluding hydrogens is 416 g/mol. The van der Waals surface area contributed by atoms with Gasteiger partial charge in [-0.15, -0.1) is 0 Å². The molecule has 0 atom stereocenters. The van der Waals surface area contributed by atoms with Gasteiger partial charge in [0.2, 0.25) is 0 Å². The summed E-state index contributed by atoms with van der Waals surface area (Å²) < 4.78 is 0. The maximum Gasteiger partial charge on any atom is 0.109 e. The van der Waals surface area contributed by atoms with Gasteiger partial charge in [-0.3, -0.25) is 0 Å². The number of benzene rings is 3. The number of aromatic amines is 2. The van der Waals surface area contributed by atoms with Crippen LogP contribution in [0, 0.1) is 6.92 Å². The largest absolute Gasteiger partial charge is 0.342 e. The second-order valence-electron chi connectivity index (χ2n) is 10.2. The van der Waals surface area contributed by atoms with E-state index in [1.54, 1.807) is 0 Å². The Balaban J connectivity index is 1.33. The molecule has 3 aromatic carbocycles. The van der Waals surface area contributed by atoms with E-state index in [4.69, 9.17) is 0 Å². The summed E-state index contributed by atoms with van der Waals surface area (Å²) in [6.45, 7) is 6.37. The van der Waals surface area contributed by atoms with Crippen molar-refractivity contribution in [3.63, 3.8) is 0 Å². The molecule has 0 unspecified atom stereocenters. The zero-order valence-corrected chi connectivity index (χ0v) is 19.9. The smallest absolute Gasteiger partial charge is 0.109 e. The Morgan fingerprint density at radius 3 is 1.94 bits per heavy atom. The molecule has 0 radical (unpaired) electrons. The number of hydrogen-bond donors (Lipinski definition) is 2. The van der Waals surface area contributed by atoms with Gasteiger partial charge in [0, 0.05) is 11.5 Å². The van der Waals surface area contributed by atoms with Crippen molar-refractivity contribution in [3.8, 4) is 33.5 Å². The SMILES string of the molecule is Cc1nc2ccc(-c3cc4c5c(c3)CCc3cc(-c6cnc(C(C)C)[nH]6)cc(c3-5)CC4)cc2[nH]1. The standard InChI is InChI=1S/C30H28N4/c1-16(2)30-31-15-27(34-30)24-12-21-6-4-19-10-23(11-20-5-7-22(13-24)29(21)28(19)20)18-8-9-25-26(14-18)33-17(3)32-25/h8-16H,4-7H2,1-3H3,(H,31,34)(H,32,33). The molecule has 0 bridgehead atoms. The molecule has 0 fully saturated rings. The molecule has 2 heterocycles. The molecule has 2 aliphatic rings. The molecule has 4 nitrogen and oxygen atoms in total. The van der Waals surface area contributed by atoms with E-state index in [1.807, 2.05) is 13.1 Å². The summed E-state index contributed by atoms with van der Waals surface area (Å²) in [4.78, 5) is 16.1. The molecule has 2 aliphatic carbocycles. The molecule has 0 saturated carbocycles.